The fraction of sp³-hybridized carbons (Fsp3) is 0.625. The molecule has 7 heteroatoms. The number of nitrogens with zero attached hydrogens (tertiary/aromatic N) is 2. The van der Waals surface area contributed by atoms with Crippen molar-refractivity contribution in [3.63, 3.8) is 0 Å². The summed E-state index contributed by atoms with van der Waals surface area (Å²) in [5.74, 6) is 1.13. The monoisotopic (exact) mass is 1020 g/mol. The van der Waals surface area contributed by atoms with Gasteiger partial charge in [0.05, 0.1) is 22.5 Å². The molecule has 71 heavy (non-hydrogen) atoms. The van der Waals surface area contributed by atoms with E-state index >= 15 is 9.59 Å². The predicted molar refractivity (Wildman–Crippen MR) is 316 cm³/mol. The number of benzene rings is 1. The number of hydrogen-bond donors (Lipinski definition) is 0. The number of rotatable bonds is 39. The van der Waals surface area contributed by atoms with Gasteiger partial charge in [0, 0.05) is 43.7 Å². The maximum absolute atomic E-state index is 15.3. The molecule has 0 radical (unpaired) electrons. The Bertz CT molecular complexity index is 2160. The predicted octanol–water partition coefficient (Wildman–Crippen LogP) is 21.1. The van der Waals surface area contributed by atoms with Crippen LogP contribution in [0.2, 0.25) is 0 Å². The normalized spacial score (nSPS) is 15.5. The van der Waals surface area contributed by atoms with E-state index in [1.165, 1.54) is 196 Å². The summed E-state index contributed by atoms with van der Waals surface area (Å²) < 4.78 is 0. The van der Waals surface area contributed by atoms with Crippen molar-refractivity contribution in [2.75, 3.05) is 22.9 Å². The summed E-state index contributed by atoms with van der Waals surface area (Å²) in [7, 11) is 0. The van der Waals surface area contributed by atoms with Crippen molar-refractivity contribution in [1.29, 1.82) is 0 Å². The standard InChI is InChI=1S/C64H94N2O2S3/c1-5-9-13-17-21-23-27-31-37-51(35-29-25-19-15-11-7-3)49-65-59-48-56-58(46-54-41-42-62(71-54)61-40-34-44-70-61)64(68)66(60(56)47-55(59)57(63(65)67)45-53-39-33-43-69-53)50-52(36-30-26-20-16-12-8-4)38-32-28-24-22-18-14-10-6-2/h33-34,39-48,51-52H,5-32,35-38,49-50H2,1-4H3/b57-45-,58-46-. The zero-order valence-corrected chi connectivity index (χ0v) is 47.5. The van der Waals surface area contributed by atoms with Gasteiger partial charge in [-0.05, 0) is 96.8 Å². The van der Waals surface area contributed by atoms with E-state index < -0.39 is 0 Å². The molecule has 2 unspecified atom stereocenters. The van der Waals surface area contributed by atoms with Crippen LogP contribution in [0.15, 0.2) is 59.3 Å². The molecule has 4 nitrogen and oxygen atoms in total. The Morgan fingerprint density at radius 3 is 1.18 bits per heavy atom. The topological polar surface area (TPSA) is 40.6 Å². The highest BCUT2D eigenvalue weighted by molar-refractivity contribution is 7.21. The molecule has 0 bridgehead atoms. The average molecular weight is 1020 g/mol. The maximum atomic E-state index is 15.3. The van der Waals surface area contributed by atoms with E-state index in [0.717, 1.165) is 75.8 Å². The minimum atomic E-state index is 0.121. The molecule has 0 N–H and O–H groups in total. The number of thiophene rings is 3. The van der Waals surface area contributed by atoms with Gasteiger partial charge in [0.15, 0.2) is 0 Å². The fourth-order valence-electron chi connectivity index (χ4n) is 11.2. The first-order chi connectivity index (χ1) is 34.9. The Morgan fingerprint density at radius 2 is 0.803 bits per heavy atom. The Hall–Kier alpha value is -3.26. The highest BCUT2D eigenvalue weighted by atomic mass is 32.1. The molecule has 3 aromatic heterocycles. The van der Waals surface area contributed by atoms with E-state index in [-0.39, 0.29) is 11.8 Å². The summed E-state index contributed by atoms with van der Waals surface area (Å²) in [5, 5.41) is 4.25. The van der Waals surface area contributed by atoms with Gasteiger partial charge < -0.3 is 9.80 Å². The number of hydrogen-bond acceptors (Lipinski definition) is 5. The third kappa shape index (κ3) is 18.3. The van der Waals surface area contributed by atoms with Crippen molar-refractivity contribution in [3.8, 4) is 9.75 Å². The van der Waals surface area contributed by atoms with Gasteiger partial charge in [-0.15, -0.1) is 34.0 Å². The van der Waals surface area contributed by atoms with E-state index in [1.807, 2.05) is 0 Å². The van der Waals surface area contributed by atoms with Gasteiger partial charge in [-0.25, -0.2) is 0 Å². The molecule has 2 atom stereocenters. The summed E-state index contributed by atoms with van der Waals surface area (Å²) in [4.78, 5) is 39.4. The van der Waals surface area contributed by atoms with Gasteiger partial charge >= 0.3 is 0 Å². The van der Waals surface area contributed by atoms with Crippen LogP contribution in [-0.2, 0) is 9.59 Å². The summed E-state index contributed by atoms with van der Waals surface area (Å²) in [5.41, 5.74) is 5.54. The second-order valence-electron chi connectivity index (χ2n) is 21.4. The first-order valence-corrected chi connectivity index (χ1v) is 32.0. The van der Waals surface area contributed by atoms with E-state index in [9.17, 15) is 0 Å². The molecule has 4 aromatic rings. The van der Waals surface area contributed by atoms with Gasteiger partial charge in [-0.3, -0.25) is 9.59 Å². The fourth-order valence-corrected chi connectivity index (χ4v) is 13.6. The van der Waals surface area contributed by atoms with Gasteiger partial charge in [-0.1, -0.05) is 220 Å². The van der Waals surface area contributed by atoms with Gasteiger partial charge in [-0.2, -0.15) is 0 Å². The number of fused-ring (bicyclic) bond motifs is 2. The van der Waals surface area contributed by atoms with Gasteiger partial charge in [0.1, 0.15) is 0 Å². The van der Waals surface area contributed by atoms with Gasteiger partial charge in [0.25, 0.3) is 11.8 Å². The van der Waals surface area contributed by atoms with E-state index in [0.29, 0.717) is 11.8 Å². The van der Waals surface area contributed by atoms with Crippen LogP contribution < -0.4 is 9.80 Å². The van der Waals surface area contributed by atoms with Crippen LogP contribution in [0, 0.1) is 11.8 Å². The molecule has 5 heterocycles. The molecule has 6 rings (SSSR count). The largest absolute Gasteiger partial charge is 0.307 e. The Morgan fingerprint density at radius 1 is 0.423 bits per heavy atom. The lowest BCUT2D eigenvalue weighted by molar-refractivity contribution is -0.113. The van der Waals surface area contributed by atoms with Crippen LogP contribution >= 0.6 is 34.0 Å². The number of amides is 2. The van der Waals surface area contributed by atoms with Crippen molar-refractivity contribution < 1.29 is 9.59 Å². The third-order valence-electron chi connectivity index (χ3n) is 15.5. The van der Waals surface area contributed by atoms with Crippen molar-refractivity contribution >= 4 is 80.5 Å². The maximum Gasteiger partial charge on any atom is 0.259 e. The highest BCUT2D eigenvalue weighted by Gasteiger charge is 2.40. The lowest BCUT2D eigenvalue weighted by Gasteiger charge is -2.26. The molecule has 0 spiro atoms. The van der Waals surface area contributed by atoms with Crippen molar-refractivity contribution in [2.24, 2.45) is 11.8 Å². The van der Waals surface area contributed by atoms with Crippen LogP contribution in [0.3, 0.4) is 0 Å². The van der Waals surface area contributed by atoms with Crippen LogP contribution in [0.4, 0.5) is 11.4 Å². The minimum absolute atomic E-state index is 0.121. The van der Waals surface area contributed by atoms with E-state index in [1.54, 1.807) is 34.0 Å². The molecule has 1 aromatic carbocycles. The molecule has 390 valence electrons. The molecule has 2 aliphatic heterocycles. The van der Waals surface area contributed by atoms with Crippen molar-refractivity contribution in [3.05, 3.63) is 80.2 Å². The quantitative estimate of drug-likeness (QED) is 0.0330. The third-order valence-corrected chi connectivity index (χ3v) is 18.4. The Kier molecular flexibility index (Phi) is 26.4. The van der Waals surface area contributed by atoms with Crippen LogP contribution in [-0.4, -0.2) is 24.9 Å². The first-order valence-electron chi connectivity index (χ1n) is 29.4. The van der Waals surface area contributed by atoms with Crippen molar-refractivity contribution in [2.45, 2.75) is 233 Å². The minimum Gasteiger partial charge on any atom is -0.307 e. The summed E-state index contributed by atoms with van der Waals surface area (Å²) in [6.07, 6.45) is 45.5. The molecular weight excluding hydrogens is 925 g/mol. The zero-order chi connectivity index (χ0) is 49.9. The highest BCUT2D eigenvalue weighted by Crippen LogP contribution is 2.49. The molecule has 0 saturated heterocycles. The van der Waals surface area contributed by atoms with Crippen LogP contribution in [0.5, 0.6) is 0 Å². The summed E-state index contributed by atoms with van der Waals surface area (Å²) >= 11 is 5.22. The zero-order valence-electron chi connectivity index (χ0n) is 45.1. The molecular formula is C64H94N2O2S3. The van der Waals surface area contributed by atoms with Gasteiger partial charge in [0.2, 0.25) is 0 Å². The number of carbonyl (C=O) groups excluding carboxylic acids is 2. The lowest BCUT2D eigenvalue weighted by Crippen LogP contribution is -2.32. The van der Waals surface area contributed by atoms with Crippen LogP contribution in [0.25, 0.3) is 33.1 Å². The average Bonchev–Trinajstić information content (AvgIpc) is 4.25. The summed E-state index contributed by atoms with van der Waals surface area (Å²) in [6.45, 7) is 10.7. The number of carbonyl (C=O) groups is 2. The van der Waals surface area contributed by atoms with Crippen LogP contribution in [0.1, 0.15) is 254 Å². The van der Waals surface area contributed by atoms with Crippen molar-refractivity contribution in [1.82, 2.24) is 0 Å². The number of anilines is 2. The van der Waals surface area contributed by atoms with E-state index in [2.05, 4.69) is 109 Å². The molecule has 0 fully saturated rings. The molecule has 2 amide bonds. The molecule has 2 aliphatic rings. The Labute approximate surface area is 445 Å². The second-order valence-corrected chi connectivity index (χ2v) is 24.4. The number of unbranched alkanes of at least 4 members (excludes halogenated alkanes) is 24. The molecule has 0 saturated carbocycles. The molecule has 0 aliphatic carbocycles. The second kappa shape index (κ2) is 32.8. The smallest absolute Gasteiger partial charge is 0.259 e. The summed E-state index contributed by atoms with van der Waals surface area (Å²) in [6, 6.07) is 17.5. The van der Waals surface area contributed by atoms with E-state index in [4.69, 9.17) is 0 Å². The lowest BCUT2D eigenvalue weighted by atomic mass is 9.93. The first kappa shape index (κ1) is 57.0. The SMILES string of the molecule is CCCCCCCCCCC(CCCCCCCC)CN1C(=O)/C(=C\c2cccs2)c2cc3c(cc21)/C(=C/c1ccc(-c2cccs2)s1)C(=O)N3CC(CCCCCCCC)CCCCCCCCCC. The Balaban J connectivity index is 1.33.